The van der Waals surface area contributed by atoms with Crippen LogP contribution in [0.5, 0.6) is 0 Å². The van der Waals surface area contributed by atoms with E-state index in [9.17, 15) is 8.42 Å². The van der Waals surface area contributed by atoms with Gasteiger partial charge < -0.3 is 5.73 Å². The summed E-state index contributed by atoms with van der Waals surface area (Å²) in [5, 5.41) is 0. The fraction of sp³-hybridized carbons (Fsp3) is 0.200. The standard InChI is InChI=1S/C15H18N2O2S/c1-11-5-4-6-14(9-11)17(3)20(18,19)15-8-7-13(16)10-12(15)2/h4-10H,16H2,1-3H3. The fourth-order valence-corrected chi connectivity index (χ4v) is 3.46. The van der Waals surface area contributed by atoms with Crippen molar-refractivity contribution >= 4 is 21.4 Å². The number of aryl methyl sites for hydroxylation is 2. The van der Waals surface area contributed by atoms with Gasteiger partial charge in [-0.15, -0.1) is 0 Å². The highest BCUT2D eigenvalue weighted by Gasteiger charge is 2.23. The molecule has 0 spiro atoms. The van der Waals surface area contributed by atoms with Gasteiger partial charge in [0.1, 0.15) is 0 Å². The molecule has 0 saturated heterocycles. The van der Waals surface area contributed by atoms with Gasteiger partial charge in [-0.05, 0) is 55.3 Å². The second-order valence-corrected chi connectivity index (χ2v) is 6.77. The van der Waals surface area contributed by atoms with Crippen LogP contribution in [-0.4, -0.2) is 15.5 Å². The summed E-state index contributed by atoms with van der Waals surface area (Å²) < 4.78 is 26.6. The van der Waals surface area contributed by atoms with Gasteiger partial charge in [-0.2, -0.15) is 0 Å². The average molecular weight is 290 g/mol. The summed E-state index contributed by atoms with van der Waals surface area (Å²) in [7, 11) is -2.02. The number of nitrogens with two attached hydrogens (primary N) is 1. The summed E-state index contributed by atoms with van der Waals surface area (Å²) in [6, 6.07) is 12.2. The number of nitrogen functional groups attached to an aromatic ring is 1. The number of rotatable bonds is 3. The SMILES string of the molecule is Cc1cccc(N(C)S(=O)(=O)c2ccc(N)cc2C)c1. The molecule has 0 heterocycles. The molecule has 106 valence electrons. The topological polar surface area (TPSA) is 63.4 Å². The molecule has 2 N–H and O–H groups in total. The Balaban J connectivity index is 2.49. The van der Waals surface area contributed by atoms with E-state index in [4.69, 9.17) is 5.73 Å². The zero-order valence-corrected chi connectivity index (χ0v) is 12.6. The van der Waals surface area contributed by atoms with Crippen molar-refractivity contribution in [2.75, 3.05) is 17.1 Å². The molecule has 0 aliphatic rings. The summed E-state index contributed by atoms with van der Waals surface area (Å²) >= 11 is 0. The van der Waals surface area contributed by atoms with Crippen LogP contribution in [0, 0.1) is 13.8 Å². The molecule has 0 bridgehead atoms. The van der Waals surface area contributed by atoms with Crippen LogP contribution < -0.4 is 10.0 Å². The second-order valence-electron chi connectivity index (χ2n) is 4.84. The van der Waals surface area contributed by atoms with E-state index >= 15 is 0 Å². The smallest absolute Gasteiger partial charge is 0.264 e. The number of anilines is 2. The zero-order chi connectivity index (χ0) is 14.9. The van der Waals surface area contributed by atoms with Gasteiger partial charge in [-0.3, -0.25) is 4.31 Å². The van der Waals surface area contributed by atoms with Gasteiger partial charge in [-0.1, -0.05) is 12.1 Å². The van der Waals surface area contributed by atoms with Crippen molar-refractivity contribution in [2.45, 2.75) is 18.7 Å². The second kappa shape index (κ2) is 5.17. The Kier molecular flexibility index (Phi) is 3.72. The van der Waals surface area contributed by atoms with E-state index in [0.717, 1.165) is 5.56 Å². The minimum atomic E-state index is -3.58. The van der Waals surface area contributed by atoms with Gasteiger partial charge in [0, 0.05) is 12.7 Å². The van der Waals surface area contributed by atoms with Crippen LogP contribution in [0.2, 0.25) is 0 Å². The first-order valence-corrected chi connectivity index (χ1v) is 7.68. The molecule has 0 saturated carbocycles. The van der Waals surface area contributed by atoms with E-state index in [1.54, 1.807) is 38.2 Å². The molecule has 0 unspecified atom stereocenters. The van der Waals surface area contributed by atoms with Crippen molar-refractivity contribution in [2.24, 2.45) is 0 Å². The fourth-order valence-electron chi connectivity index (χ4n) is 2.07. The van der Waals surface area contributed by atoms with E-state index in [0.29, 0.717) is 16.9 Å². The molecule has 0 aromatic heterocycles. The first-order chi connectivity index (χ1) is 9.32. The highest BCUT2D eigenvalue weighted by molar-refractivity contribution is 7.92. The van der Waals surface area contributed by atoms with Gasteiger partial charge in [0.15, 0.2) is 0 Å². The Hall–Kier alpha value is -2.01. The Morgan fingerprint density at radius 3 is 2.35 bits per heavy atom. The van der Waals surface area contributed by atoms with Gasteiger partial charge in [-0.25, -0.2) is 8.42 Å². The Bertz CT molecular complexity index is 739. The Morgan fingerprint density at radius 2 is 1.75 bits per heavy atom. The van der Waals surface area contributed by atoms with E-state index in [1.165, 1.54) is 4.31 Å². The average Bonchev–Trinajstić information content (AvgIpc) is 2.37. The minimum absolute atomic E-state index is 0.274. The van der Waals surface area contributed by atoms with E-state index in [1.807, 2.05) is 25.1 Å². The molecule has 20 heavy (non-hydrogen) atoms. The highest BCUT2D eigenvalue weighted by Crippen LogP contribution is 2.25. The lowest BCUT2D eigenvalue weighted by atomic mass is 10.2. The summed E-state index contributed by atoms with van der Waals surface area (Å²) in [6.07, 6.45) is 0. The van der Waals surface area contributed by atoms with Gasteiger partial charge in [0.25, 0.3) is 10.0 Å². The molecule has 2 aromatic carbocycles. The predicted octanol–water partition coefficient (Wildman–Crippen LogP) is 2.71. The van der Waals surface area contributed by atoms with Crippen LogP contribution in [-0.2, 0) is 10.0 Å². The quantitative estimate of drug-likeness (QED) is 0.884. The molecule has 5 heteroatoms. The Morgan fingerprint density at radius 1 is 1.05 bits per heavy atom. The maximum absolute atomic E-state index is 12.7. The van der Waals surface area contributed by atoms with Crippen LogP contribution >= 0.6 is 0 Å². The lowest BCUT2D eigenvalue weighted by Gasteiger charge is -2.21. The maximum Gasteiger partial charge on any atom is 0.264 e. The maximum atomic E-state index is 12.7. The van der Waals surface area contributed by atoms with E-state index in [-0.39, 0.29) is 4.90 Å². The van der Waals surface area contributed by atoms with E-state index < -0.39 is 10.0 Å². The predicted molar refractivity (Wildman–Crippen MR) is 82.4 cm³/mol. The van der Waals surface area contributed by atoms with Crippen LogP contribution in [0.4, 0.5) is 11.4 Å². The number of benzene rings is 2. The first-order valence-electron chi connectivity index (χ1n) is 6.24. The number of hydrogen-bond acceptors (Lipinski definition) is 3. The van der Waals surface area contributed by atoms with Crippen LogP contribution in [0.15, 0.2) is 47.4 Å². The third-order valence-electron chi connectivity index (χ3n) is 3.20. The normalized spacial score (nSPS) is 11.3. The zero-order valence-electron chi connectivity index (χ0n) is 11.8. The monoisotopic (exact) mass is 290 g/mol. The number of sulfonamides is 1. The summed E-state index contributed by atoms with van der Waals surface area (Å²) in [4.78, 5) is 0.274. The number of nitrogens with zero attached hydrogens (tertiary/aromatic N) is 1. The minimum Gasteiger partial charge on any atom is -0.399 e. The Labute approximate surface area is 119 Å². The van der Waals surface area contributed by atoms with Crippen molar-refractivity contribution in [3.05, 3.63) is 53.6 Å². The summed E-state index contributed by atoms with van der Waals surface area (Å²) in [5.41, 5.74) is 8.52. The van der Waals surface area contributed by atoms with Crippen LogP contribution in [0.1, 0.15) is 11.1 Å². The molecule has 0 aliphatic heterocycles. The van der Waals surface area contributed by atoms with Crippen molar-refractivity contribution in [3.8, 4) is 0 Å². The number of hydrogen-bond donors (Lipinski definition) is 1. The summed E-state index contributed by atoms with van der Waals surface area (Å²) in [6.45, 7) is 3.67. The molecule has 2 aromatic rings. The molecule has 0 amide bonds. The lowest BCUT2D eigenvalue weighted by Crippen LogP contribution is -2.27. The van der Waals surface area contributed by atoms with Gasteiger partial charge in [0.2, 0.25) is 0 Å². The summed E-state index contributed by atoms with van der Waals surface area (Å²) in [5.74, 6) is 0. The molecule has 4 nitrogen and oxygen atoms in total. The molecule has 0 radical (unpaired) electrons. The molecule has 0 aliphatic carbocycles. The lowest BCUT2D eigenvalue weighted by molar-refractivity contribution is 0.594. The van der Waals surface area contributed by atoms with E-state index in [2.05, 4.69) is 0 Å². The van der Waals surface area contributed by atoms with Crippen molar-refractivity contribution in [1.82, 2.24) is 0 Å². The van der Waals surface area contributed by atoms with Gasteiger partial charge >= 0.3 is 0 Å². The molecule has 0 fully saturated rings. The van der Waals surface area contributed by atoms with Crippen LogP contribution in [0.3, 0.4) is 0 Å². The molecule has 0 atom stereocenters. The molecular formula is C15H18N2O2S. The first kappa shape index (κ1) is 14.4. The van der Waals surface area contributed by atoms with Crippen molar-refractivity contribution in [1.29, 1.82) is 0 Å². The third kappa shape index (κ3) is 2.63. The van der Waals surface area contributed by atoms with Gasteiger partial charge in [0.05, 0.1) is 10.6 Å². The van der Waals surface area contributed by atoms with Crippen LogP contribution in [0.25, 0.3) is 0 Å². The molecular weight excluding hydrogens is 272 g/mol. The third-order valence-corrected chi connectivity index (χ3v) is 5.15. The largest absolute Gasteiger partial charge is 0.399 e. The highest BCUT2D eigenvalue weighted by atomic mass is 32.2. The van der Waals surface area contributed by atoms with Crippen molar-refractivity contribution < 1.29 is 8.42 Å². The van der Waals surface area contributed by atoms with Crippen molar-refractivity contribution in [3.63, 3.8) is 0 Å². The molecule has 2 rings (SSSR count).